The molecule has 7 aromatic rings. The second-order valence-electron chi connectivity index (χ2n) is 15.6. The van der Waals surface area contributed by atoms with Crippen LogP contribution < -0.4 is 0 Å². The quantitative estimate of drug-likeness (QED) is 0.173. The number of aromatic amines is 2. The van der Waals surface area contributed by atoms with Crippen LogP contribution in [0.2, 0.25) is 0 Å². The zero-order valence-electron chi connectivity index (χ0n) is 28.6. The van der Waals surface area contributed by atoms with Gasteiger partial charge in [-0.25, -0.2) is 29.9 Å². The molecule has 48 heavy (non-hydrogen) atoms. The molecule has 4 aromatic carbocycles. The van der Waals surface area contributed by atoms with Crippen LogP contribution >= 0.6 is 0 Å². The Balaban J connectivity index is 1.51. The highest BCUT2D eigenvalue weighted by Gasteiger charge is 2.50. The molecule has 238 valence electrons. The van der Waals surface area contributed by atoms with Crippen molar-refractivity contribution in [2.24, 2.45) is 0 Å². The Morgan fingerprint density at radius 2 is 0.583 bits per heavy atom. The van der Waals surface area contributed by atoms with Gasteiger partial charge in [-0.2, -0.15) is 0 Å². The predicted octanol–water partition coefficient (Wildman–Crippen LogP) is 9.02. The highest BCUT2D eigenvalue weighted by Crippen LogP contribution is 2.47. The highest BCUT2D eigenvalue weighted by molar-refractivity contribution is 6.12. The molecule has 0 saturated carbocycles. The highest BCUT2D eigenvalue weighted by atomic mass is 15.1. The van der Waals surface area contributed by atoms with Gasteiger partial charge in [-0.15, -0.1) is 0 Å². The maximum Gasteiger partial charge on any atom is 0.141 e. The molecule has 0 saturated heterocycles. The standard InChI is InChI=1S/C40H38N8/c1-37(2)33-43-29-25-17-21-13-9-10-14-22(21)18-26(25)31(41-29)45-35-39(5,6)40(7,8)36(48-35)46-32-28-20-24-16-12-11-15-23(24)19-27(28)30(42-32)44-34(47-33)38(37,3)4/h9-20H,1-8H3,(H2,41,42,43,44,45,46,47,48). The number of hydrogen-bond acceptors (Lipinski definition) is 6. The number of rotatable bonds is 0. The normalized spacial score (nSPS) is 17.8. The van der Waals surface area contributed by atoms with E-state index in [2.05, 4.69) is 138 Å². The first-order valence-electron chi connectivity index (χ1n) is 16.6. The smallest absolute Gasteiger partial charge is 0.141 e. The van der Waals surface area contributed by atoms with E-state index in [-0.39, 0.29) is 0 Å². The van der Waals surface area contributed by atoms with Gasteiger partial charge in [0.15, 0.2) is 0 Å². The summed E-state index contributed by atoms with van der Waals surface area (Å²) in [5.74, 6) is 2.90. The second kappa shape index (κ2) is 9.22. The molecular formula is C40H38N8. The van der Waals surface area contributed by atoms with Gasteiger partial charge in [0, 0.05) is 43.2 Å². The number of fused-ring (bicyclic) bond motifs is 16. The van der Waals surface area contributed by atoms with E-state index in [4.69, 9.17) is 29.9 Å². The third-order valence-corrected chi connectivity index (χ3v) is 11.9. The van der Waals surface area contributed by atoms with Crippen molar-refractivity contribution < 1.29 is 0 Å². The SMILES string of the molecule is CC1(C)c2nc(nc3[nH]c(nc4nc(nc5[nH]c(n2)c2cc6ccccc6cc52)C(C)(C)C4(C)C)c2cc4ccccc4cc32)C1(C)C. The van der Waals surface area contributed by atoms with Crippen LogP contribution in [0, 0.1) is 0 Å². The van der Waals surface area contributed by atoms with E-state index in [1.165, 1.54) is 0 Å². The van der Waals surface area contributed by atoms with Gasteiger partial charge in [0.2, 0.25) is 0 Å². The number of benzene rings is 4. The van der Waals surface area contributed by atoms with Crippen LogP contribution in [0.25, 0.3) is 65.7 Å². The van der Waals surface area contributed by atoms with E-state index in [0.717, 1.165) is 89.0 Å². The van der Waals surface area contributed by atoms with Crippen LogP contribution in [0.4, 0.5) is 0 Å². The molecule has 3 aromatic heterocycles. The van der Waals surface area contributed by atoms with Crippen molar-refractivity contribution in [1.82, 2.24) is 39.9 Å². The molecule has 0 atom stereocenters. The Labute approximate surface area is 278 Å². The van der Waals surface area contributed by atoms with Gasteiger partial charge in [-0.3, -0.25) is 0 Å². The number of nitrogens with zero attached hydrogens (tertiary/aromatic N) is 6. The molecule has 0 amide bonds. The second-order valence-corrected chi connectivity index (χ2v) is 15.6. The van der Waals surface area contributed by atoms with Gasteiger partial charge >= 0.3 is 0 Å². The van der Waals surface area contributed by atoms with Gasteiger partial charge in [-0.1, -0.05) is 104 Å². The van der Waals surface area contributed by atoms with E-state index in [1.807, 2.05) is 0 Å². The van der Waals surface area contributed by atoms with Crippen LogP contribution in [-0.4, -0.2) is 39.9 Å². The lowest BCUT2D eigenvalue weighted by Gasteiger charge is -2.32. The minimum Gasteiger partial charge on any atom is -0.324 e. The van der Waals surface area contributed by atoms with Gasteiger partial charge in [0.05, 0.1) is 0 Å². The molecule has 0 fully saturated rings. The molecule has 2 aliphatic rings. The molecule has 0 spiro atoms. The summed E-state index contributed by atoms with van der Waals surface area (Å²) in [5.41, 5.74) is 1.25. The largest absolute Gasteiger partial charge is 0.324 e. The van der Waals surface area contributed by atoms with E-state index in [0.29, 0.717) is 0 Å². The zero-order chi connectivity index (χ0) is 33.4. The molecule has 8 bridgehead atoms. The van der Waals surface area contributed by atoms with Crippen molar-refractivity contribution in [3.8, 4) is 0 Å². The Kier molecular flexibility index (Phi) is 5.56. The number of nitrogens with one attached hydrogen (secondary N) is 2. The first-order valence-corrected chi connectivity index (χ1v) is 16.6. The average molecular weight is 631 g/mol. The molecule has 2 N–H and O–H groups in total. The van der Waals surface area contributed by atoms with Crippen molar-refractivity contribution in [1.29, 1.82) is 0 Å². The fourth-order valence-electron chi connectivity index (χ4n) is 7.07. The van der Waals surface area contributed by atoms with Crippen molar-refractivity contribution in [3.05, 3.63) is 96.1 Å². The lowest BCUT2D eigenvalue weighted by molar-refractivity contribution is 0.310. The summed E-state index contributed by atoms with van der Waals surface area (Å²) in [6, 6.07) is 25.6. The topological polar surface area (TPSA) is 109 Å². The van der Waals surface area contributed by atoms with Crippen molar-refractivity contribution in [2.75, 3.05) is 0 Å². The minimum atomic E-state index is -0.418. The molecule has 5 heterocycles. The van der Waals surface area contributed by atoms with Crippen molar-refractivity contribution in [3.63, 3.8) is 0 Å². The summed E-state index contributed by atoms with van der Waals surface area (Å²) < 4.78 is 0. The van der Waals surface area contributed by atoms with E-state index < -0.39 is 21.7 Å². The summed E-state index contributed by atoms with van der Waals surface area (Å²) in [6.45, 7) is 17.6. The van der Waals surface area contributed by atoms with Crippen molar-refractivity contribution in [2.45, 2.75) is 77.0 Å². The maximum atomic E-state index is 5.29. The van der Waals surface area contributed by atoms with Crippen LogP contribution in [-0.2, 0) is 21.7 Å². The predicted molar refractivity (Wildman–Crippen MR) is 194 cm³/mol. The Morgan fingerprint density at radius 3 is 0.812 bits per heavy atom. The fraction of sp³-hybridized carbons (Fsp3) is 0.300. The van der Waals surface area contributed by atoms with Crippen LogP contribution in [0.15, 0.2) is 72.8 Å². The Morgan fingerprint density at radius 1 is 0.354 bits per heavy atom. The molecule has 0 unspecified atom stereocenters. The maximum absolute atomic E-state index is 5.29. The van der Waals surface area contributed by atoms with Gasteiger partial charge in [0.1, 0.15) is 45.9 Å². The summed E-state index contributed by atoms with van der Waals surface area (Å²) in [5, 5.41) is 8.55. The first kappa shape index (κ1) is 28.9. The summed E-state index contributed by atoms with van der Waals surface area (Å²) in [4.78, 5) is 38.7. The number of H-pyrrole nitrogens is 2. The lowest BCUT2D eigenvalue weighted by atomic mass is 9.69. The van der Waals surface area contributed by atoms with Gasteiger partial charge < -0.3 is 9.97 Å². The Bertz CT molecular complexity index is 2330. The van der Waals surface area contributed by atoms with Crippen LogP contribution in [0.1, 0.15) is 78.7 Å². The summed E-state index contributed by atoms with van der Waals surface area (Å²) >= 11 is 0. The lowest BCUT2D eigenvalue weighted by Crippen LogP contribution is -2.37. The molecule has 0 aliphatic carbocycles. The Hall–Kier alpha value is -5.24. The van der Waals surface area contributed by atoms with Crippen molar-refractivity contribution >= 4 is 65.7 Å². The van der Waals surface area contributed by atoms with E-state index in [1.54, 1.807) is 0 Å². The molecular weight excluding hydrogens is 592 g/mol. The molecule has 2 aliphatic heterocycles. The molecule has 8 heteroatoms. The summed E-state index contributed by atoms with van der Waals surface area (Å²) in [6.07, 6.45) is 0. The minimum absolute atomic E-state index is 0.418. The number of hydrogen-bond donors (Lipinski definition) is 2. The number of aromatic nitrogens is 8. The first-order chi connectivity index (χ1) is 22.8. The fourth-order valence-corrected chi connectivity index (χ4v) is 7.07. The van der Waals surface area contributed by atoms with Gasteiger partial charge in [0.25, 0.3) is 0 Å². The molecule has 0 radical (unpaired) electrons. The molecule has 9 rings (SSSR count). The van der Waals surface area contributed by atoms with Crippen LogP contribution in [0.5, 0.6) is 0 Å². The van der Waals surface area contributed by atoms with Gasteiger partial charge in [-0.05, 0) is 45.8 Å². The average Bonchev–Trinajstić information content (AvgIpc) is 3.65. The van der Waals surface area contributed by atoms with E-state index >= 15 is 0 Å². The van der Waals surface area contributed by atoms with Crippen LogP contribution in [0.3, 0.4) is 0 Å². The van der Waals surface area contributed by atoms with E-state index in [9.17, 15) is 0 Å². The third kappa shape index (κ3) is 3.77. The summed E-state index contributed by atoms with van der Waals surface area (Å²) in [7, 11) is 0. The monoisotopic (exact) mass is 630 g/mol. The third-order valence-electron chi connectivity index (χ3n) is 11.9. The zero-order valence-corrected chi connectivity index (χ0v) is 28.6. The molecule has 8 nitrogen and oxygen atoms in total.